The molecule has 0 radical (unpaired) electrons. The molecule has 2 N–H and O–H groups in total. The van der Waals surface area contributed by atoms with E-state index in [0.29, 0.717) is 6.04 Å². The lowest BCUT2D eigenvalue weighted by atomic mass is 10.1. The van der Waals surface area contributed by atoms with Crippen LogP contribution in [0.2, 0.25) is 0 Å². The van der Waals surface area contributed by atoms with Crippen molar-refractivity contribution in [1.29, 1.82) is 0 Å². The van der Waals surface area contributed by atoms with Gasteiger partial charge in [-0.05, 0) is 51.3 Å². The molecule has 0 amide bonds. The topological polar surface area (TPSA) is 58.6 Å². The number of rotatable bonds is 5. The first kappa shape index (κ1) is 13.9. The van der Waals surface area contributed by atoms with Crippen LogP contribution in [0.25, 0.3) is 0 Å². The van der Waals surface area contributed by atoms with Crippen LogP contribution >= 0.6 is 0 Å². The van der Waals surface area contributed by atoms with Gasteiger partial charge in [0, 0.05) is 6.04 Å². The Kier molecular flexibility index (Phi) is 3.80. The maximum Gasteiger partial charge on any atom is 0.325 e. The maximum atomic E-state index is 11.3. The first-order chi connectivity index (χ1) is 8.85. The first-order valence-corrected chi connectivity index (χ1v) is 6.63. The van der Waals surface area contributed by atoms with E-state index in [0.717, 1.165) is 24.2 Å². The Hall–Kier alpha value is -1.55. The van der Waals surface area contributed by atoms with Crippen molar-refractivity contribution in [3.63, 3.8) is 0 Å². The molecular weight excluding hydrogens is 242 g/mol. The second kappa shape index (κ2) is 5.21. The third-order valence-electron chi connectivity index (χ3n) is 2.86. The molecular formula is C15H21NO3. The molecule has 1 aliphatic rings. The second-order valence-corrected chi connectivity index (χ2v) is 6.00. The van der Waals surface area contributed by atoms with Crippen molar-refractivity contribution >= 4 is 5.97 Å². The molecule has 1 aliphatic carbocycles. The number of ether oxygens (including phenoxy) is 1. The predicted molar refractivity (Wildman–Crippen MR) is 73.4 cm³/mol. The van der Waals surface area contributed by atoms with Gasteiger partial charge in [0.15, 0.2) is 0 Å². The van der Waals surface area contributed by atoms with Gasteiger partial charge in [-0.3, -0.25) is 10.1 Å². The van der Waals surface area contributed by atoms with Gasteiger partial charge in [0.2, 0.25) is 0 Å². The molecule has 19 heavy (non-hydrogen) atoms. The largest absolute Gasteiger partial charge is 0.488 e. The number of aliphatic carboxylic acids is 1. The Morgan fingerprint density at radius 2 is 1.89 bits per heavy atom. The summed E-state index contributed by atoms with van der Waals surface area (Å²) in [5.41, 5.74) is 0.514. The fourth-order valence-corrected chi connectivity index (χ4v) is 1.88. The average Bonchev–Trinajstić information content (AvgIpc) is 3.08. The van der Waals surface area contributed by atoms with Gasteiger partial charge in [0.05, 0.1) is 0 Å². The Morgan fingerprint density at radius 1 is 1.32 bits per heavy atom. The van der Waals surface area contributed by atoms with E-state index in [1.165, 1.54) is 0 Å². The van der Waals surface area contributed by atoms with E-state index >= 15 is 0 Å². The van der Waals surface area contributed by atoms with Gasteiger partial charge in [0.25, 0.3) is 0 Å². The summed E-state index contributed by atoms with van der Waals surface area (Å²) in [4.78, 5) is 11.3. The summed E-state index contributed by atoms with van der Waals surface area (Å²) >= 11 is 0. The zero-order valence-corrected chi connectivity index (χ0v) is 11.6. The third kappa shape index (κ3) is 4.24. The molecule has 0 spiro atoms. The molecule has 0 bridgehead atoms. The minimum atomic E-state index is -0.837. The van der Waals surface area contributed by atoms with Gasteiger partial charge >= 0.3 is 5.97 Å². The Balaban J connectivity index is 2.08. The number of hydrogen-bond donors (Lipinski definition) is 2. The summed E-state index contributed by atoms with van der Waals surface area (Å²) < 4.78 is 5.72. The molecule has 1 fully saturated rings. The van der Waals surface area contributed by atoms with Crippen molar-refractivity contribution in [2.45, 2.75) is 51.3 Å². The van der Waals surface area contributed by atoms with Crippen molar-refractivity contribution in [2.24, 2.45) is 0 Å². The van der Waals surface area contributed by atoms with Gasteiger partial charge in [-0.15, -0.1) is 0 Å². The summed E-state index contributed by atoms with van der Waals surface area (Å²) in [5.74, 6) is -0.0804. The monoisotopic (exact) mass is 263 g/mol. The lowest BCUT2D eigenvalue weighted by molar-refractivity contribution is -0.139. The summed E-state index contributed by atoms with van der Waals surface area (Å²) in [6.07, 6.45) is 2.13. The quantitative estimate of drug-likeness (QED) is 0.857. The molecule has 1 unspecified atom stereocenters. The van der Waals surface area contributed by atoms with E-state index in [4.69, 9.17) is 4.74 Å². The van der Waals surface area contributed by atoms with Crippen LogP contribution in [-0.2, 0) is 4.79 Å². The zero-order valence-electron chi connectivity index (χ0n) is 11.6. The lowest BCUT2D eigenvalue weighted by Crippen LogP contribution is -2.30. The fourth-order valence-electron chi connectivity index (χ4n) is 1.88. The lowest BCUT2D eigenvalue weighted by Gasteiger charge is -2.22. The molecule has 0 aromatic heterocycles. The van der Waals surface area contributed by atoms with E-state index in [-0.39, 0.29) is 5.60 Å². The van der Waals surface area contributed by atoms with Crippen LogP contribution in [0.15, 0.2) is 24.3 Å². The SMILES string of the molecule is CC(C)(C)Oc1ccc(C(NC2CC2)C(=O)O)cc1. The number of hydrogen-bond acceptors (Lipinski definition) is 3. The highest BCUT2D eigenvalue weighted by Gasteiger charge is 2.29. The molecule has 1 saturated carbocycles. The number of carboxylic acids is 1. The number of carboxylic acid groups (broad SMARTS) is 1. The van der Waals surface area contributed by atoms with Gasteiger partial charge in [0.1, 0.15) is 17.4 Å². The zero-order chi connectivity index (χ0) is 14.0. The molecule has 4 heteroatoms. The summed E-state index contributed by atoms with van der Waals surface area (Å²) in [6.45, 7) is 5.95. The molecule has 0 aliphatic heterocycles. The van der Waals surface area contributed by atoms with Crippen molar-refractivity contribution in [3.05, 3.63) is 29.8 Å². The fraction of sp³-hybridized carbons (Fsp3) is 0.533. The van der Waals surface area contributed by atoms with Crippen LogP contribution in [-0.4, -0.2) is 22.7 Å². The van der Waals surface area contributed by atoms with Crippen molar-refractivity contribution in [1.82, 2.24) is 5.32 Å². The Bertz CT molecular complexity index is 443. The van der Waals surface area contributed by atoms with Crippen LogP contribution < -0.4 is 10.1 Å². The minimum absolute atomic E-state index is 0.250. The van der Waals surface area contributed by atoms with E-state index in [1.54, 1.807) is 0 Å². The number of nitrogens with one attached hydrogen (secondary N) is 1. The summed E-state index contributed by atoms with van der Waals surface area (Å²) in [5, 5.41) is 12.4. The molecule has 1 aromatic rings. The van der Waals surface area contributed by atoms with Crippen LogP contribution in [0.1, 0.15) is 45.2 Å². The normalized spacial score (nSPS) is 17.0. The van der Waals surface area contributed by atoms with Crippen molar-refractivity contribution in [2.75, 3.05) is 0 Å². The van der Waals surface area contributed by atoms with Crippen molar-refractivity contribution in [3.8, 4) is 5.75 Å². The first-order valence-electron chi connectivity index (χ1n) is 6.63. The number of benzene rings is 1. The van der Waals surface area contributed by atoms with E-state index in [9.17, 15) is 9.90 Å². The third-order valence-corrected chi connectivity index (χ3v) is 2.86. The van der Waals surface area contributed by atoms with Gasteiger partial charge in [-0.2, -0.15) is 0 Å². The van der Waals surface area contributed by atoms with E-state index in [2.05, 4.69) is 5.32 Å². The molecule has 0 heterocycles. The average molecular weight is 263 g/mol. The van der Waals surface area contributed by atoms with E-state index in [1.807, 2.05) is 45.0 Å². The molecule has 1 atom stereocenters. The standard InChI is InChI=1S/C15H21NO3/c1-15(2,3)19-12-8-4-10(5-9-12)13(14(17)18)16-11-6-7-11/h4-5,8-9,11,13,16H,6-7H2,1-3H3,(H,17,18). The van der Waals surface area contributed by atoms with Crippen LogP contribution in [0.5, 0.6) is 5.75 Å². The van der Waals surface area contributed by atoms with Crippen LogP contribution in [0.3, 0.4) is 0 Å². The molecule has 104 valence electrons. The smallest absolute Gasteiger partial charge is 0.325 e. The number of carbonyl (C=O) groups is 1. The minimum Gasteiger partial charge on any atom is -0.488 e. The van der Waals surface area contributed by atoms with Gasteiger partial charge in [-0.25, -0.2) is 0 Å². The highest BCUT2D eigenvalue weighted by molar-refractivity contribution is 5.75. The summed E-state index contributed by atoms with van der Waals surface area (Å²) in [6, 6.07) is 7.00. The molecule has 0 saturated heterocycles. The molecule has 4 nitrogen and oxygen atoms in total. The van der Waals surface area contributed by atoms with Crippen LogP contribution in [0.4, 0.5) is 0 Å². The van der Waals surface area contributed by atoms with Gasteiger partial charge < -0.3 is 9.84 Å². The highest BCUT2D eigenvalue weighted by Crippen LogP contribution is 2.26. The van der Waals surface area contributed by atoms with Crippen molar-refractivity contribution < 1.29 is 14.6 Å². The predicted octanol–water partition coefficient (Wildman–Crippen LogP) is 2.74. The highest BCUT2D eigenvalue weighted by atomic mass is 16.5. The maximum absolute atomic E-state index is 11.3. The van der Waals surface area contributed by atoms with Crippen LogP contribution in [0, 0.1) is 0 Å². The second-order valence-electron chi connectivity index (χ2n) is 6.00. The molecule has 1 aromatic carbocycles. The Morgan fingerprint density at radius 3 is 2.32 bits per heavy atom. The van der Waals surface area contributed by atoms with E-state index < -0.39 is 12.0 Å². The summed E-state index contributed by atoms with van der Waals surface area (Å²) in [7, 11) is 0. The van der Waals surface area contributed by atoms with Gasteiger partial charge in [-0.1, -0.05) is 12.1 Å². The Labute approximate surface area is 113 Å². The molecule has 2 rings (SSSR count).